The molecule has 0 radical (unpaired) electrons. The predicted octanol–water partition coefficient (Wildman–Crippen LogP) is 2.99. The average molecular weight is 415 g/mol. The molecule has 4 heteroatoms. The van der Waals surface area contributed by atoms with Crippen molar-refractivity contribution in [2.75, 3.05) is 31.1 Å². The second-order valence-electron chi connectivity index (χ2n) is 8.42. The lowest BCUT2D eigenvalue weighted by Gasteiger charge is -2.37. The maximum Gasteiger partial charge on any atom is 0.278 e. The number of para-hydroxylation sites is 1. The van der Waals surface area contributed by atoms with E-state index < -0.39 is 0 Å². The zero-order valence-electron chi connectivity index (χ0n) is 18.4. The summed E-state index contributed by atoms with van der Waals surface area (Å²) in [6, 6.07) is 28.8. The fourth-order valence-corrected chi connectivity index (χ4v) is 4.49. The van der Waals surface area contributed by atoms with Crippen LogP contribution in [0.5, 0.6) is 0 Å². The van der Waals surface area contributed by atoms with Crippen molar-refractivity contribution in [3.63, 3.8) is 0 Å². The monoisotopic (exact) mass is 414 g/mol. The number of benzene rings is 3. The number of nitrogens with one attached hydrogen (secondary N) is 2. The van der Waals surface area contributed by atoms with Crippen LogP contribution in [0.25, 0.3) is 0 Å². The Kier molecular flexibility index (Phi) is 6.68. The van der Waals surface area contributed by atoms with Gasteiger partial charge in [0.2, 0.25) is 0 Å². The predicted molar refractivity (Wildman–Crippen MR) is 126 cm³/mol. The quantitative estimate of drug-likeness (QED) is 0.651. The Balaban J connectivity index is 1.42. The molecule has 0 bridgehead atoms. The zero-order chi connectivity index (χ0) is 21.6. The summed E-state index contributed by atoms with van der Waals surface area (Å²) in [4.78, 5) is 17.1. The summed E-state index contributed by atoms with van der Waals surface area (Å²) in [6.07, 6.45) is 0. The second-order valence-corrected chi connectivity index (χ2v) is 8.42. The molecule has 1 saturated heterocycles. The van der Waals surface area contributed by atoms with Gasteiger partial charge < -0.3 is 15.1 Å². The molecule has 4 nitrogen and oxygen atoms in total. The van der Waals surface area contributed by atoms with Crippen molar-refractivity contribution in [3.8, 4) is 0 Å². The van der Waals surface area contributed by atoms with Crippen LogP contribution in [0.3, 0.4) is 0 Å². The summed E-state index contributed by atoms with van der Waals surface area (Å²) < 4.78 is 0. The Morgan fingerprint density at radius 2 is 1.35 bits per heavy atom. The summed E-state index contributed by atoms with van der Waals surface area (Å²) in [5, 5.41) is 3.33. The Labute approximate surface area is 185 Å². The topological polar surface area (TPSA) is 36.8 Å². The van der Waals surface area contributed by atoms with Crippen LogP contribution in [0.4, 0.5) is 5.69 Å². The summed E-state index contributed by atoms with van der Waals surface area (Å²) in [5.74, 6) is 0.108. The summed E-state index contributed by atoms with van der Waals surface area (Å²) in [6.45, 7) is 8.09. The van der Waals surface area contributed by atoms with Gasteiger partial charge >= 0.3 is 0 Å². The van der Waals surface area contributed by atoms with Crippen LogP contribution in [-0.2, 0) is 4.79 Å². The van der Waals surface area contributed by atoms with Gasteiger partial charge in [-0.25, -0.2) is 0 Å². The van der Waals surface area contributed by atoms with Crippen LogP contribution in [0.15, 0.2) is 84.9 Å². The molecule has 1 amide bonds. The van der Waals surface area contributed by atoms with Gasteiger partial charge in [-0.05, 0) is 36.6 Å². The fraction of sp³-hybridized carbons (Fsp3) is 0.296. The molecule has 2 N–H and O–H groups in total. The molecule has 0 unspecified atom stereocenters. The lowest BCUT2D eigenvalue weighted by Crippen LogP contribution is -3.19. The zero-order valence-corrected chi connectivity index (χ0v) is 18.4. The first-order valence-corrected chi connectivity index (χ1v) is 11.2. The van der Waals surface area contributed by atoms with Crippen LogP contribution in [0, 0.1) is 6.92 Å². The first kappa shape index (κ1) is 21.1. The number of carbonyl (C=O) groups excluding carboxylic acids is 1. The Bertz CT molecular complexity index is 942. The smallest absolute Gasteiger partial charge is 0.278 e. The fourth-order valence-electron chi connectivity index (χ4n) is 4.49. The Hall–Kier alpha value is -3.11. The number of piperazine rings is 1. The molecule has 1 fully saturated rings. The average Bonchev–Trinajstić information content (AvgIpc) is 2.83. The standard InChI is InChI=1S/C27H31N3O/c1-21-11-9-10-16-25(21)30-19-17-29(18-20-30)22(2)27(31)28-26(23-12-5-3-6-13-23)24-14-7-4-8-15-24/h3-16,22,26H,17-20H2,1-2H3,(H,28,31)/p+1/t22-/m1/s1. The molecule has 0 aliphatic carbocycles. The molecule has 1 atom stereocenters. The van der Waals surface area contributed by atoms with Gasteiger partial charge in [-0.3, -0.25) is 4.79 Å². The molecule has 1 aliphatic heterocycles. The summed E-state index contributed by atoms with van der Waals surface area (Å²) in [5.41, 5.74) is 4.83. The highest BCUT2D eigenvalue weighted by atomic mass is 16.2. The molecule has 1 aliphatic rings. The second kappa shape index (κ2) is 9.80. The van der Waals surface area contributed by atoms with Crippen molar-refractivity contribution in [1.82, 2.24) is 5.32 Å². The molecule has 3 aromatic rings. The third kappa shape index (κ3) is 4.97. The first-order valence-electron chi connectivity index (χ1n) is 11.2. The summed E-state index contributed by atoms with van der Waals surface area (Å²) >= 11 is 0. The van der Waals surface area contributed by atoms with E-state index in [1.165, 1.54) is 16.2 Å². The van der Waals surface area contributed by atoms with Gasteiger partial charge in [-0.1, -0.05) is 78.9 Å². The minimum atomic E-state index is -0.134. The van der Waals surface area contributed by atoms with Gasteiger partial charge in [0.1, 0.15) is 0 Å². The molecule has 3 aromatic carbocycles. The van der Waals surface area contributed by atoms with Gasteiger partial charge in [0, 0.05) is 5.69 Å². The van der Waals surface area contributed by atoms with E-state index >= 15 is 0 Å². The first-order chi connectivity index (χ1) is 15.1. The molecule has 4 rings (SSSR count). The highest BCUT2D eigenvalue weighted by Gasteiger charge is 2.31. The van der Waals surface area contributed by atoms with Gasteiger partial charge in [0.25, 0.3) is 5.91 Å². The van der Waals surface area contributed by atoms with Crippen molar-refractivity contribution in [2.24, 2.45) is 0 Å². The van der Waals surface area contributed by atoms with Gasteiger partial charge in [0.05, 0.1) is 32.2 Å². The van der Waals surface area contributed by atoms with Crippen LogP contribution in [0.1, 0.15) is 29.7 Å². The lowest BCUT2D eigenvalue weighted by atomic mass is 9.98. The van der Waals surface area contributed by atoms with Gasteiger partial charge in [0.15, 0.2) is 6.04 Å². The number of nitrogens with zero attached hydrogens (tertiary/aromatic N) is 1. The number of hydrogen-bond acceptors (Lipinski definition) is 2. The van der Waals surface area contributed by atoms with E-state index in [4.69, 9.17) is 0 Å². The largest absolute Gasteiger partial charge is 0.360 e. The molecule has 0 spiro atoms. The maximum absolute atomic E-state index is 13.3. The number of hydrogen-bond donors (Lipinski definition) is 2. The normalized spacial score (nSPS) is 15.6. The van der Waals surface area contributed by atoms with E-state index in [0.29, 0.717) is 0 Å². The number of aryl methyl sites for hydroxylation is 1. The molecular weight excluding hydrogens is 382 g/mol. The third-order valence-corrected chi connectivity index (χ3v) is 6.42. The van der Waals surface area contributed by atoms with Crippen molar-refractivity contribution in [2.45, 2.75) is 25.9 Å². The molecule has 1 heterocycles. The minimum Gasteiger partial charge on any atom is -0.360 e. The highest BCUT2D eigenvalue weighted by molar-refractivity contribution is 5.81. The maximum atomic E-state index is 13.3. The van der Waals surface area contributed by atoms with Gasteiger partial charge in [-0.2, -0.15) is 0 Å². The molecule has 0 saturated carbocycles. The Morgan fingerprint density at radius 3 is 1.90 bits per heavy atom. The number of carbonyl (C=O) groups is 1. The van der Waals surface area contributed by atoms with Crippen LogP contribution in [-0.4, -0.2) is 38.1 Å². The lowest BCUT2D eigenvalue weighted by molar-refractivity contribution is -0.914. The van der Waals surface area contributed by atoms with Crippen molar-refractivity contribution < 1.29 is 9.69 Å². The van der Waals surface area contributed by atoms with Crippen LogP contribution in [0.2, 0.25) is 0 Å². The molecule has 160 valence electrons. The highest BCUT2D eigenvalue weighted by Crippen LogP contribution is 2.22. The Morgan fingerprint density at radius 1 is 0.839 bits per heavy atom. The number of rotatable bonds is 6. The van der Waals surface area contributed by atoms with Gasteiger partial charge in [-0.15, -0.1) is 0 Å². The molecule has 0 aromatic heterocycles. The molecule has 31 heavy (non-hydrogen) atoms. The number of anilines is 1. The minimum absolute atomic E-state index is 0.0889. The van der Waals surface area contributed by atoms with Crippen LogP contribution >= 0.6 is 0 Å². The number of amides is 1. The number of quaternary nitrogens is 1. The van der Waals surface area contributed by atoms with E-state index in [2.05, 4.69) is 72.6 Å². The van der Waals surface area contributed by atoms with E-state index in [1.807, 2.05) is 36.4 Å². The molecular formula is C27H32N3O+. The SMILES string of the molecule is Cc1ccccc1N1CC[NH+]([C@H](C)C(=O)NC(c2ccccc2)c2ccccc2)CC1. The van der Waals surface area contributed by atoms with E-state index in [0.717, 1.165) is 37.3 Å². The third-order valence-electron chi connectivity index (χ3n) is 6.42. The van der Waals surface area contributed by atoms with Crippen molar-refractivity contribution >= 4 is 11.6 Å². The summed E-state index contributed by atoms with van der Waals surface area (Å²) in [7, 11) is 0. The van der Waals surface area contributed by atoms with Crippen molar-refractivity contribution in [1.29, 1.82) is 0 Å². The van der Waals surface area contributed by atoms with E-state index in [-0.39, 0.29) is 18.0 Å². The van der Waals surface area contributed by atoms with Crippen molar-refractivity contribution in [3.05, 3.63) is 102 Å². The van der Waals surface area contributed by atoms with E-state index in [1.54, 1.807) is 0 Å². The van der Waals surface area contributed by atoms with Crippen LogP contribution < -0.4 is 15.1 Å². The van der Waals surface area contributed by atoms with E-state index in [9.17, 15) is 4.79 Å².